The van der Waals surface area contributed by atoms with Gasteiger partial charge in [-0.2, -0.15) is 0 Å². The summed E-state index contributed by atoms with van der Waals surface area (Å²) >= 11 is 3.39. The Morgan fingerprint density at radius 1 is 1.42 bits per heavy atom. The van der Waals surface area contributed by atoms with Crippen molar-refractivity contribution in [1.29, 1.82) is 0 Å². The van der Waals surface area contributed by atoms with Crippen molar-refractivity contribution in [3.8, 4) is 0 Å². The lowest BCUT2D eigenvalue weighted by molar-refractivity contribution is 0.316. The predicted molar refractivity (Wildman–Crippen MR) is 79.3 cm³/mol. The molecule has 0 aliphatic heterocycles. The Kier molecular flexibility index (Phi) is 4.66. The van der Waals surface area contributed by atoms with Gasteiger partial charge in [0.2, 0.25) is 10.0 Å². The van der Waals surface area contributed by atoms with Crippen molar-refractivity contribution < 1.29 is 8.42 Å². The number of nitrogens with two attached hydrogens (primary N) is 1. The minimum absolute atomic E-state index is 0.321. The van der Waals surface area contributed by atoms with Crippen molar-refractivity contribution in [2.24, 2.45) is 11.7 Å². The second kappa shape index (κ2) is 5.91. The van der Waals surface area contributed by atoms with Gasteiger partial charge >= 0.3 is 0 Å². The monoisotopic (exact) mass is 346 g/mol. The van der Waals surface area contributed by atoms with Crippen LogP contribution in [0.25, 0.3) is 0 Å². The highest BCUT2D eigenvalue weighted by atomic mass is 79.9. The summed E-state index contributed by atoms with van der Waals surface area (Å²) in [5.74, 6) is 0.496. The first-order valence-electron chi connectivity index (χ1n) is 6.43. The zero-order valence-electron chi connectivity index (χ0n) is 10.9. The maximum atomic E-state index is 12.3. The highest BCUT2D eigenvalue weighted by Crippen LogP contribution is 2.28. The normalized spacial score (nSPS) is 16.4. The van der Waals surface area contributed by atoms with E-state index in [4.69, 9.17) is 5.73 Å². The van der Waals surface area contributed by atoms with Crippen LogP contribution in [-0.2, 0) is 16.6 Å². The number of nitrogens with one attached hydrogen (secondary N) is 1. The summed E-state index contributed by atoms with van der Waals surface area (Å²) in [5.41, 5.74) is 7.13. The minimum atomic E-state index is -3.45. The van der Waals surface area contributed by atoms with E-state index < -0.39 is 10.0 Å². The van der Waals surface area contributed by atoms with Gasteiger partial charge in [-0.1, -0.05) is 22.4 Å². The largest absolute Gasteiger partial charge is 0.326 e. The van der Waals surface area contributed by atoms with Crippen LogP contribution in [0.15, 0.2) is 21.5 Å². The summed E-state index contributed by atoms with van der Waals surface area (Å²) in [5, 5.41) is 0. The smallest absolute Gasteiger partial charge is 0.240 e. The van der Waals surface area contributed by atoms with Gasteiger partial charge < -0.3 is 5.73 Å². The predicted octanol–water partition coefficient (Wildman–Crippen LogP) is 2.29. The van der Waals surface area contributed by atoms with E-state index in [-0.39, 0.29) is 0 Å². The van der Waals surface area contributed by atoms with Gasteiger partial charge in [-0.25, -0.2) is 13.1 Å². The van der Waals surface area contributed by atoms with Crippen LogP contribution in [-0.4, -0.2) is 15.0 Å². The van der Waals surface area contributed by atoms with Crippen molar-refractivity contribution in [3.63, 3.8) is 0 Å². The molecule has 0 saturated heterocycles. The average Bonchev–Trinajstić information content (AvgIpc) is 2.30. The summed E-state index contributed by atoms with van der Waals surface area (Å²) in [4.78, 5) is 0.321. The molecule has 6 heteroatoms. The van der Waals surface area contributed by atoms with Crippen molar-refractivity contribution in [3.05, 3.63) is 27.7 Å². The van der Waals surface area contributed by atoms with Crippen molar-refractivity contribution in [1.82, 2.24) is 4.72 Å². The van der Waals surface area contributed by atoms with Crippen LogP contribution in [0, 0.1) is 12.8 Å². The lowest BCUT2D eigenvalue weighted by atomic mass is 9.86. The van der Waals surface area contributed by atoms with Gasteiger partial charge in [0.25, 0.3) is 0 Å². The summed E-state index contributed by atoms with van der Waals surface area (Å²) in [6.45, 7) is 2.65. The molecule has 106 valence electrons. The van der Waals surface area contributed by atoms with Crippen LogP contribution in [0.4, 0.5) is 0 Å². The maximum Gasteiger partial charge on any atom is 0.240 e. The molecule has 0 amide bonds. The Hall–Kier alpha value is -0.430. The molecule has 0 atom stereocenters. The lowest BCUT2D eigenvalue weighted by Crippen LogP contribution is -2.32. The molecule has 1 fully saturated rings. The molecule has 0 spiro atoms. The Bertz CT molecular complexity index is 568. The highest BCUT2D eigenvalue weighted by molar-refractivity contribution is 9.10. The average molecular weight is 347 g/mol. The van der Waals surface area contributed by atoms with Gasteiger partial charge in [-0.3, -0.25) is 0 Å². The maximum absolute atomic E-state index is 12.3. The van der Waals surface area contributed by atoms with E-state index >= 15 is 0 Å². The number of hydrogen-bond acceptors (Lipinski definition) is 3. The van der Waals surface area contributed by atoms with Crippen LogP contribution < -0.4 is 10.5 Å². The van der Waals surface area contributed by atoms with Gasteiger partial charge in [0.05, 0.1) is 4.90 Å². The quantitative estimate of drug-likeness (QED) is 0.858. The van der Waals surface area contributed by atoms with E-state index in [9.17, 15) is 8.42 Å². The van der Waals surface area contributed by atoms with Gasteiger partial charge in [0.1, 0.15) is 0 Å². The first-order valence-corrected chi connectivity index (χ1v) is 8.70. The minimum Gasteiger partial charge on any atom is -0.326 e. The molecule has 1 aliphatic rings. The topological polar surface area (TPSA) is 72.2 Å². The molecule has 19 heavy (non-hydrogen) atoms. The number of sulfonamides is 1. The van der Waals surface area contributed by atoms with Gasteiger partial charge in [-0.15, -0.1) is 0 Å². The first kappa shape index (κ1) is 15.0. The second-order valence-corrected chi connectivity index (χ2v) is 7.64. The Morgan fingerprint density at radius 3 is 2.63 bits per heavy atom. The third-order valence-electron chi connectivity index (χ3n) is 3.67. The lowest BCUT2D eigenvalue weighted by Gasteiger charge is -2.25. The highest BCUT2D eigenvalue weighted by Gasteiger charge is 2.23. The second-order valence-electron chi connectivity index (χ2n) is 5.05. The third-order valence-corrected chi connectivity index (χ3v) is 6.04. The van der Waals surface area contributed by atoms with Crippen molar-refractivity contribution in [2.45, 2.75) is 37.6 Å². The van der Waals surface area contributed by atoms with E-state index in [0.29, 0.717) is 23.9 Å². The van der Waals surface area contributed by atoms with E-state index in [1.54, 1.807) is 13.0 Å². The number of hydrogen-bond donors (Lipinski definition) is 2. The molecule has 1 aromatic carbocycles. The summed E-state index contributed by atoms with van der Waals surface area (Å²) in [6, 6.07) is 3.52. The van der Waals surface area contributed by atoms with Crippen LogP contribution in [0.3, 0.4) is 0 Å². The number of halogens is 1. The van der Waals surface area contributed by atoms with Gasteiger partial charge in [0, 0.05) is 17.6 Å². The molecule has 0 heterocycles. The molecule has 2 rings (SSSR count). The summed E-state index contributed by atoms with van der Waals surface area (Å²) in [7, 11) is -3.45. The van der Waals surface area contributed by atoms with E-state index in [0.717, 1.165) is 28.4 Å². The molecule has 0 unspecified atom stereocenters. The Balaban J connectivity index is 2.25. The van der Waals surface area contributed by atoms with E-state index in [1.165, 1.54) is 6.42 Å². The standard InChI is InChI=1S/C13H19BrN2O2S/c1-9-12(14)5-11(7-15)6-13(9)19(17,18)16-8-10-3-2-4-10/h5-6,10,16H,2-4,7-8,15H2,1H3. The van der Waals surface area contributed by atoms with Crippen LogP contribution >= 0.6 is 15.9 Å². The zero-order chi connectivity index (χ0) is 14.0. The van der Waals surface area contributed by atoms with E-state index in [1.807, 2.05) is 6.07 Å². The molecule has 0 bridgehead atoms. The fourth-order valence-corrected chi connectivity index (χ4v) is 4.18. The third kappa shape index (κ3) is 3.37. The van der Waals surface area contributed by atoms with Gasteiger partial charge in [0.15, 0.2) is 0 Å². The molecule has 0 radical (unpaired) electrons. The van der Waals surface area contributed by atoms with Crippen molar-refractivity contribution >= 4 is 26.0 Å². The van der Waals surface area contributed by atoms with Gasteiger partial charge in [-0.05, 0) is 48.9 Å². The molecule has 4 nitrogen and oxygen atoms in total. The molecule has 1 saturated carbocycles. The molecular weight excluding hydrogens is 328 g/mol. The summed E-state index contributed by atoms with van der Waals surface area (Å²) < 4.78 is 28.2. The molecule has 1 aromatic rings. The number of rotatable bonds is 5. The fourth-order valence-electron chi connectivity index (χ4n) is 2.11. The van der Waals surface area contributed by atoms with E-state index in [2.05, 4.69) is 20.7 Å². The molecular formula is C13H19BrN2O2S. The SMILES string of the molecule is Cc1c(Br)cc(CN)cc1S(=O)(=O)NCC1CCC1. The molecule has 3 N–H and O–H groups in total. The fraction of sp³-hybridized carbons (Fsp3) is 0.538. The molecule has 1 aliphatic carbocycles. The van der Waals surface area contributed by atoms with Crippen LogP contribution in [0.2, 0.25) is 0 Å². The van der Waals surface area contributed by atoms with Crippen molar-refractivity contribution in [2.75, 3.05) is 6.54 Å². The first-order chi connectivity index (χ1) is 8.94. The number of benzene rings is 1. The zero-order valence-corrected chi connectivity index (χ0v) is 13.4. The molecule has 0 aromatic heterocycles. The van der Waals surface area contributed by atoms with Crippen LogP contribution in [0.5, 0.6) is 0 Å². The summed E-state index contributed by atoms with van der Waals surface area (Å²) in [6.07, 6.45) is 3.45. The van der Waals surface area contributed by atoms with Crippen LogP contribution in [0.1, 0.15) is 30.4 Å². The Morgan fingerprint density at radius 2 is 2.11 bits per heavy atom. The Labute approximate surface area is 122 Å².